The van der Waals surface area contributed by atoms with Crippen LogP contribution < -0.4 is 9.47 Å². The van der Waals surface area contributed by atoms with E-state index in [1.807, 2.05) is 42.5 Å². The van der Waals surface area contributed by atoms with Crippen molar-refractivity contribution in [3.8, 4) is 11.5 Å². The Kier molecular flexibility index (Phi) is 5.94. The van der Waals surface area contributed by atoms with Crippen molar-refractivity contribution in [2.75, 3.05) is 13.7 Å². The molecule has 0 saturated heterocycles. The van der Waals surface area contributed by atoms with Gasteiger partial charge >= 0.3 is 0 Å². The monoisotopic (exact) mass is 304 g/mol. The first-order valence-electron chi connectivity index (χ1n) is 7.22. The van der Waals surface area contributed by atoms with Gasteiger partial charge in [-0.3, -0.25) is 0 Å². The van der Waals surface area contributed by atoms with Gasteiger partial charge in [-0.2, -0.15) is 0 Å². The van der Waals surface area contributed by atoms with Crippen LogP contribution in [0.4, 0.5) is 0 Å². The lowest BCUT2D eigenvalue weighted by Crippen LogP contribution is -1.99. The zero-order valence-electron chi connectivity index (χ0n) is 12.5. The lowest BCUT2D eigenvalue weighted by Gasteiger charge is -2.13. The van der Waals surface area contributed by atoms with E-state index in [0.717, 1.165) is 42.1 Å². The summed E-state index contributed by atoms with van der Waals surface area (Å²) in [4.78, 5) is 0. The van der Waals surface area contributed by atoms with Gasteiger partial charge in [0.05, 0.1) is 19.1 Å². The number of rotatable bonds is 7. The third-order valence-electron chi connectivity index (χ3n) is 3.24. The zero-order chi connectivity index (χ0) is 15.1. The summed E-state index contributed by atoms with van der Waals surface area (Å²) in [7, 11) is 1.67. The van der Waals surface area contributed by atoms with Gasteiger partial charge in [-0.1, -0.05) is 31.2 Å². The molecule has 2 aromatic rings. The first kappa shape index (κ1) is 15.7. The van der Waals surface area contributed by atoms with Gasteiger partial charge in [-0.15, -0.1) is 11.6 Å². The van der Waals surface area contributed by atoms with Gasteiger partial charge in [0.15, 0.2) is 0 Å². The normalized spacial score (nSPS) is 12.0. The smallest absolute Gasteiger partial charge is 0.119 e. The Hall–Kier alpha value is -1.67. The molecule has 0 fully saturated rings. The van der Waals surface area contributed by atoms with Crippen molar-refractivity contribution in [1.29, 1.82) is 0 Å². The lowest BCUT2D eigenvalue weighted by atomic mass is 10.0. The molecule has 1 unspecified atom stereocenters. The minimum atomic E-state index is -0.0812. The highest BCUT2D eigenvalue weighted by Crippen LogP contribution is 2.28. The van der Waals surface area contributed by atoms with E-state index in [1.54, 1.807) is 7.11 Å². The van der Waals surface area contributed by atoms with E-state index < -0.39 is 0 Å². The number of ether oxygens (including phenoxy) is 2. The minimum absolute atomic E-state index is 0.0812. The van der Waals surface area contributed by atoms with Gasteiger partial charge in [0, 0.05) is 0 Å². The van der Waals surface area contributed by atoms with Gasteiger partial charge in [0.1, 0.15) is 11.5 Å². The number of methoxy groups -OCH3 is 1. The molecule has 2 aromatic carbocycles. The highest BCUT2D eigenvalue weighted by atomic mass is 35.5. The third-order valence-corrected chi connectivity index (χ3v) is 3.65. The first-order chi connectivity index (χ1) is 10.2. The fourth-order valence-electron chi connectivity index (χ4n) is 2.14. The molecule has 21 heavy (non-hydrogen) atoms. The summed E-state index contributed by atoms with van der Waals surface area (Å²) < 4.78 is 10.9. The molecule has 0 heterocycles. The van der Waals surface area contributed by atoms with E-state index in [0.29, 0.717) is 0 Å². The summed E-state index contributed by atoms with van der Waals surface area (Å²) in [5, 5.41) is -0.0812. The molecule has 2 rings (SSSR count). The number of benzene rings is 2. The molecule has 0 aromatic heterocycles. The first-order valence-corrected chi connectivity index (χ1v) is 7.66. The van der Waals surface area contributed by atoms with Crippen molar-refractivity contribution in [1.82, 2.24) is 0 Å². The van der Waals surface area contributed by atoms with Crippen LogP contribution in [0.15, 0.2) is 48.5 Å². The Morgan fingerprint density at radius 2 is 1.81 bits per heavy atom. The second kappa shape index (κ2) is 7.94. The second-order valence-corrected chi connectivity index (χ2v) is 5.47. The number of hydrogen-bond acceptors (Lipinski definition) is 2. The van der Waals surface area contributed by atoms with Crippen LogP contribution in [-0.4, -0.2) is 13.7 Å². The van der Waals surface area contributed by atoms with Gasteiger partial charge in [0.2, 0.25) is 0 Å². The average molecular weight is 305 g/mol. The van der Waals surface area contributed by atoms with Crippen molar-refractivity contribution >= 4 is 11.6 Å². The molecule has 1 atom stereocenters. The molecular weight excluding hydrogens is 284 g/mol. The maximum absolute atomic E-state index is 6.55. The minimum Gasteiger partial charge on any atom is -0.497 e. The molecule has 0 N–H and O–H groups in total. The van der Waals surface area contributed by atoms with Gasteiger partial charge < -0.3 is 9.47 Å². The van der Waals surface area contributed by atoms with Crippen LogP contribution in [0, 0.1) is 0 Å². The number of hydrogen-bond donors (Lipinski definition) is 0. The molecule has 0 aliphatic heterocycles. The van der Waals surface area contributed by atoms with E-state index >= 15 is 0 Å². The van der Waals surface area contributed by atoms with Crippen molar-refractivity contribution in [2.45, 2.75) is 25.1 Å². The van der Waals surface area contributed by atoms with Crippen LogP contribution in [-0.2, 0) is 6.42 Å². The van der Waals surface area contributed by atoms with E-state index in [-0.39, 0.29) is 5.38 Å². The maximum Gasteiger partial charge on any atom is 0.119 e. The van der Waals surface area contributed by atoms with E-state index in [2.05, 4.69) is 13.0 Å². The lowest BCUT2D eigenvalue weighted by molar-refractivity contribution is 0.317. The Balaban J connectivity index is 2.06. The van der Waals surface area contributed by atoms with Crippen LogP contribution in [0.25, 0.3) is 0 Å². The predicted molar refractivity (Wildman–Crippen MR) is 87.5 cm³/mol. The largest absolute Gasteiger partial charge is 0.497 e. The molecule has 2 nitrogen and oxygen atoms in total. The SMILES string of the molecule is CCCOc1cccc(C(Cl)Cc2cccc(OC)c2)c1. The standard InChI is InChI=1S/C18H21ClO2/c1-3-10-21-17-9-5-7-15(13-17)18(19)12-14-6-4-8-16(11-14)20-2/h4-9,11,13,18H,3,10,12H2,1-2H3. The summed E-state index contributed by atoms with van der Waals surface area (Å²) in [6.07, 6.45) is 1.76. The van der Waals surface area contributed by atoms with Crippen LogP contribution in [0.5, 0.6) is 11.5 Å². The maximum atomic E-state index is 6.55. The molecular formula is C18H21ClO2. The van der Waals surface area contributed by atoms with Gasteiger partial charge in [-0.05, 0) is 48.2 Å². The van der Waals surface area contributed by atoms with Crippen molar-refractivity contribution in [3.63, 3.8) is 0 Å². The summed E-state index contributed by atoms with van der Waals surface area (Å²) >= 11 is 6.55. The molecule has 112 valence electrons. The number of alkyl halides is 1. The van der Waals surface area contributed by atoms with Crippen LogP contribution in [0.2, 0.25) is 0 Å². The Morgan fingerprint density at radius 3 is 2.57 bits per heavy atom. The topological polar surface area (TPSA) is 18.5 Å². The highest BCUT2D eigenvalue weighted by Gasteiger charge is 2.10. The Bertz CT molecular complexity index is 569. The highest BCUT2D eigenvalue weighted by molar-refractivity contribution is 6.20. The molecule has 0 bridgehead atoms. The Morgan fingerprint density at radius 1 is 1.05 bits per heavy atom. The van der Waals surface area contributed by atoms with Gasteiger partial charge in [0.25, 0.3) is 0 Å². The fraction of sp³-hybridized carbons (Fsp3) is 0.333. The fourth-order valence-corrected chi connectivity index (χ4v) is 2.46. The molecule has 0 spiro atoms. The van der Waals surface area contributed by atoms with E-state index in [1.165, 1.54) is 0 Å². The number of halogens is 1. The summed E-state index contributed by atoms with van der Waals surface area (Å²) in [6, 6.07) is 16.0. The predicted octanol–water partition coefficient (Wildman–Crippen LogP) is 5.01. The summed E-state index contributed by atoms with van der Waals surface area (Å²) in [6.45, 7) is 2.82. The van der Waals surface area contributed by atoms with Gasteiger partial charge in [-0.25, -0.2) is 0 Å². The molecule has 0 radical (unpaired) electrons. The van der Waals surface area contributed by atoms with Crippen LogP contribution >= 0.6 is 11.6 Å². The average Bonchev–Trinajstić information content (AvgIpc) is 2.53. The molecule has 0 amide bonds. The van der Waals surface area contributed by atoms with Crippen LogP contribution in [0.3, 0.4) is 0 Å². The zero-order valence-corrected chi connectivity index (χ0v) is 13.3. The molecule has 0 aliphatic carbocycles. The molecule has 0 aliphatic rings. The van der Waals surface area contributed by atoms with E-state index in [4.69, 9.17) is 21.1 Å². The Labute approximate surface area is 131 Å². The molecule has 0 saturated carbocycles. The van der Waals surface area contributed by atoms with Crippen LogP contribution in [0.1, 0.15) is 29.8 Å². The third kappa shape index (κ3) is 4.68. The second-order valence-electron chi connectivity index (χ2n) is 4.94. The van der Waals surface area contributed by atoms with Crippen molar-refractivity contribution in [2.24, 2.45) is 0 Å². The van der Waals surface area contributed by atoms with Crippen molar-refractivity contribution < 1.29 is 9.47 Å². The summed E-state index contributed by atoms with van der Waals surface area (Å²) in [5.41, 5.74) is 2.24. The summed E-state index contributed by atoms with van der Waals surface area (Å²) in [5.74, 6) is 1.74. The quantitative estimate of drug-likeness (QED) is 0.670. The molecule has 3 heteroatoms. The van der Waals surface area contributed by atoms with Crippen molar-refractivity contribution in [3.05, 3.63) is 59.7 Å². The van der Waals surface area contributed by atoms with E-state index in [9.17, 15) is 0 Å².